The van der Waals surface area contributed by atoms with Crippen LogP contribution < -0.4 is 10.1 Å². The highest BCUT2D eigenvalue weighted by molar-refractivity contribution is 7.89. The molecule has 0 bridgehead atoms. The third-order valence-corrected chi connectivity index (χ3v) is 7.13. The van der Waals surface area contributed by atoms with E-state index in [0.29, 0.717) is 34.2 Å². The third kappa shape index (κ3) is 5.35. The minimum Gasteiger partial charge on any atom is -0.484 e. The van der Waals surface area contributed by atoms with Crippen molar-refractivity contribution in [3.8, 4) is 5.75 Å². The maximum atomic E-state index is 13.0. The summed E-state index contributed by atoms with van der Waals surface area (Å²) in [6, 6.07) is 13.9. The van der Waals surface area contributed by atoms with Crippen LogP contribution in [0.1, 0.15) is 26.7 Å². The minimum atomic E-state index is -3.57. The summed E-state index contributed by atoms with van der Waals surface area (Å²) >= 11 is 1.23. The van der Waals surface area contributed by atoms with Crippen molar-refractivity contribution in [3.05, 3.63) is 48.5 Å². The van der Waals surface area contributed by atoms with Crippen LogP contribution >= 0.6 is 11.3 Å². The monoisotopic (exact) mass is 447 g/mol. The molecule has 3 rings (SSSR count). The molecule has 3 aromatic rings. The van der Waals surface area contributed by atoms with E-state index in [-0.39, 0.29) is 17.4 Å². The molecule has 0 radical (unpaired) electrons. The second kappa shape index (κ2) is 10.0. The molecule has 160 valence electrons. The summed E-state index contributed by atoms with van der Waals surface area (Å²) in [6.07, 6.45) is 1.51. The first-order chi connectivity index (χ1) is 14.4. The maximum Gasteiger partial charge on any atom is 0.264 e. The van der Waals surface area contributed by atoms with Crippen LogP contribution in [0.15, 0.2) is 53.4 Å². The molecule has 7 nitrogen and oxygen atoms in total. The van der Waals surface area contributed by atoms with Gasteiger partial charge in [-0.2, -0.15) is 4.31 Å². The molecule has 0 unspecified atom stereocenters. The fraction of sp³-hybridized carbons (Fsp3) is 0.333. The van der Waals surface area contributed by atoms with E-state index in [1.54, 1.807) is 30.3 Å². The van der Waals surface area contributed by atoms with Crippen molar-refractivity contribution in [2.75, 3.05) is 25.0 Å². The Morgan fingerprint density at radius 2 is 1.80 bits per heavy atom. The van der Waals surface area contributed by atoms with Crippen molar-refractivity contribution < 1.29 is 17.9 Å². The highest BCUT2D eigenvalue weighted by Crippen LogP contribution is 2.29. The number of rotatable bonds is 10. The molecule has 30 heavy (non-hydrogen) atoms. The molecule has 0 saturated carbocycles. The Kier molecular flexibility index (Phi) is 7.41. The Morgan fingerprint density at radius 1 is 1.10 bits per heavy atom. The average molecular weight is 448 g/mol. The SMILES string of the molecule is CCCN(CCC)S(=O)(=O)c1ccc2nc(NC(=O)COc3ccccc3)sc2c1. The van der Waals surface area contributed by atoms with E-state index in [9.17, 15) is 13.2 Å². The van der Waals surface area contributed by atoms with Crippen molar-refractivity contribution >= 4 is 42.6 Å². The number of carbonyl (C=O) groups excluding carboxylic acids is 1. The van der Waals surface area contributed by atoms with Crippen LogP contribution in [-0.2, 0) is 14.8 Å². The van der Waals surface area contributed by atoms with Crippen LogP contribution in [0.5, 0.6) is 5.75 Å². The number of thiazole rings is 1. The number of amides is 1. The zero-order valence-electron chi connectivity index (χ0n) is 17.0. The molecule has 0 atom stereocenters. The first kappa shape index (κ1) is 22.2. The van der Waals surface area contributed by atoms with E-state index in [1.807, 2.05) is 32.0 Å². The Morgan fingerprint density at radius 3 is 2.47 bits per heavy atom. The molecule has 1 aromatic heterocycles. The lowest BCUT2D eigenvalue weighted by Gasteiger charge is -2.20. The highest BCUT2D eigenvalue weighted by atomic mass is 32.2. The molecule has 1 N–H and O–H groups in total. The number of aromatic nitrogens is 1. The van der Waals surface area contributed by atoms with Gasteiger partial charge in [0, 0.05) is 13.1 Å². The number of sulfonamides is 1. The average Bonchev–Trinajstić information content (AvgIpc) is 3.14. The van der Waals surface area contributed by atoms with Gasteiger partial charge in [-0.25, -0.2) is 13.4 Å². The summed E-state index contributed by atoms with van der Waals surface area (Å²) in [7, 11) is -3.57. The smallest absolute Gasteiger partial charge is 0.264 e. The maximum absolute atomic E-state index is 13.0. The number of anilines is 1. The summed E-state index contributed by atoms with van der Waals surface area (Å²) in [5.41, 5.74) is 0.635. The fourth-order valence-electron chi connectivity index (χ4n) is 2.94. The van der Waals surface area contributed by atoms with Gasteiger partial charge in [0.05, 0.1) is 15.1 Å². The van der Waals surface area contributed by atoms with Gasteiger partial charge in [-0.05, 0) is 43.2 Å². The van der Waals surface area contributed by atoms with Gasteiger partial charge in [0.15, 0.2) is 11.7 Å². The lowest BCUT2D eigenvalue weighted by atomic mass is 10.3. The fourth-order valence-corrected chi connectivity index (χ4v) is 5.59. The van der Waals surface area contributed by atoms with Crippen LogP contribution in [0.4, 0.5) is 5.13 Å². The van der Waals surface area contributed by atoms with Gasteiger partial charge in [0.25, 0.3) is 5.91 Å². The van der Waals surface area contributed by atoms with Gasteiger partial charge >= 0.3 is 0 Å². The number of hydrogen-bond acceptors (Lipinski definition) is 6. The minimum absolute atomic E-state index is 0.136. The molecule has 1 amide bonds. The van der Waals surface area contributed by atoms with Crippen LogP contribution in [0.2, 0.25) is 0 Å². The normalized spacial score (nSPS) is 11.7. The van der Waals surface area contributed by atoms with Gasteiger partial charge < -0.3 is 4.74 Å². The molecule has 2 aromatic carbocycles. The number of ether oxygens (including phenoxy) is 1. The molecule has 0 aliphatic heterocycles. The Balaban J connectivity index is 1.73. The number of para-hydroxylation sites is 1. The van der Waals surface area contributed by atoms with Gasteiger partial charge in [0.1, 0.15) is 5.75 Å². The van der Waals surface area contributed by atoms with E-state index in [1.165, 1.54) is 15.6 Å². The van der Waals surface area contributed by atoms with E-state index >= 15 is 0 Å². The lowest BCUT2D eigenvalue weighted by molar-refractivity contribution is -0.118. The first-order valence-corrected chi connectivity index (χ1v) is 12.1. The Bertz CT molecular complexity index is 1090. The number of fused-ring (bicyclic) bond motifs is 1. The van der Waals surface area contributed by atoms with Gasteiger partial charge in [0.2, 0.25) is 10.0 Å². The molecule has 9 heteroatoms. The van der Waals surface area contributed by atoms with Crippen LogP contribution in [-0.4, -0.2) is 43.3 Å². The molecule has 1 heterocycles. The van der Waals surface area contributed by atoms with Crippen LogP contribution in [0.3, 0.4) is 0 Å². The van der Waals surface area contributed by atoms with E-state index < -0.39 is 10.0 Å². The number of nitrogens with zero attached hydrogens (tertiary/aromatic N) is 2. The topological polar surface area (TPSA) is 88.6 Å². The van der Waals surface area contributed by atoms with E-state index in [2.05, 4.69) is 10.3 Å². The lowest BCUT2D eigenvalue weighted by Crippen LogP contribution is -2.32. The summed E-state index contributed by atoms with van der Waals surface area (Å²) in [6.45, 7) is 4.75. The van der Waals surface area contributed by atoms with Crippen molar-refractivity contribution in [2.45, 2.75) is 31.6 Å². The molecule has 0 spiro atoms. The van der Waals surface area contributed by atoms with E-state index in [4.69, 9.17) is 4.74 Å². The quantitative estimate of drug-likeness (QED) is 0.505. The van der Waals surface area contributed by atoms with Crippen molar-refractivity contribution in [1.82, 2.24) is 9.29 Å². The second-order valence-corrected chi connectivity index (χ2v) is 9.67. The van der Waals surface area contributed by atoms with Crippen LogP contribution in [0.25, 0.3) is 10.2 Å². The van der Waals surface area contributed by atoms with Crippen molar-refractivity contribution in [2.24, 2.45) is 0 Å². The zero-order valence-corrected chi connectivity index (χ0v) is 18.6. The summed E-state index contributed by atoms with van der Waals surface area (Å²) < 4.78 is 33.6. The number of benzene rings is 2. The molecule has 0 aliphatic carbocycles. The predicted molar refractivity (Wildman–Crippen MR) is 120 cm³/mol. The van der Waals surface area contributed by atoms with Crippen molar-refractivity contribution in [3.63, 3.8) is 0 Å². The Hall–Kier alpha value is -2.49. The zero-order chi connectivity index (χ0) is 21.6. The standard InChI is InChI=1S/C21H25N3O4S2/c1-3-12-24(13-4-2)30(26,27)17-10-11-18-19(14-17)29-21(22-18)23-20(25)15-28-16-8-6-5-7-9-16/h5-11,14H,3-4,12-13,15H2,1-2H3,(H,22,23,25). The summed E-state index contributed by atoms with van der Waals surface area (Å²) in [4.78, 5) is 16.8. The van der Waals surface area contributed by atoms with Gasteiger partial charge in [-0.15, -0.1) is 0 Å². The molecule has 0 fully saturated rings. The van der Waals surface area contributed by atoms with Crippen molar-refractivity contribution in [1.29, 1.82) is 0 Å². The Labute approximate surface area is 180 Å². The molecule has 0 saturated heterocycles. The first-order valence-electron chi connectivity index (χ1n) is 9.82. The largest absolute Gasteiger partial charge is 0.484 e. The highest BCUT2D eigenvalue weighted by Gasteiger charge is 2.23. The third-order valence-electron chi connectivity index (χ3n) is 4.30. The van der Waals surface area contributed by atoms with Crippen LogP contribution in [0, 0.1) is 0 Å². The number of carbonyl (C=O) groups is 1. The number of nitrogens with one attached hydrogen (secondary N) is 1. The molecular weight excluding hydrogens is 422 g/mol. The van der Waals surface area contributed by atoms with E-state index in [0.717, 1.165) is 12.8 Å². The number of hydrogen-bond donors (Lipinski definition) is 1. The summed E-state index contributed by atoms with van der Waals surface area (Å²) in [5.74, 6) is 0.276. The molecule has 0 aliphatic rings. The summed E-state index contributed by atoms with van der Waals surface area (Å²) in [5, 5.41) is 3.11. The van der Waals surface area contributed by atoms with Gasteiger partial charge in [-0.1, -0.05) is 43.4 Å². The molecular formula is C21H25N3O4S2. The predicted octanol–water partition coefficient (Wildman–Crippen LogP) is 4.12. The van der Waals surface area contributed by atoms with Gasteiger partial charge in [-0.3, -0.25) is 10.1 Å². The second-order valence-electron chi connectivity index (χ2n) is 6.70.